The first kappa shape index (κ1) is 16.9. The number of carbonyl (C=O) groups excluding carboxylic acids is 1. The molecule has 0 radical (unpaired) electrons. The fourth-order valence-corrected chi connectivity index (χ4v) is 3.28. The molecule has 0 bridgehead atoms. The summed E-state index contributed by atoms with van der Waals surface area (Å²) < 4.78 is 0. The van der Waals surface area contributed by atoms with Gasteiger partial charge in [-0.05, 0) is 35.8 Å². The molecule has 3 nitrogen and oxygen atoms in total. The zero-order chi connectivity index (χ0) is 16.1. The largest absolute Gasteiger partial charge is 0.335 e. The first-order valence-corrected chi connectivity index (χ1v) is 8.69. The molecule has 2 amide bonds. The number of para-hydroxylation sites is 1. The van der Waals surface area contributed by atoms with Gasteiger partial charge in [-0.3, -0.25) is 0 Å². The third-order valence-corrected chi connectivity index (χ3v) is 4.55. The van der Waals surface area contributed by atoms with E-state index in [0.29, 0.717) is 17.9 Å². The second kappa shape index (κ2) is 7.66. The Kier molecular flexibility index (Phi) is 5.87. The molecule has 2 N–H and O–H groups in total. The van der Waals surface area contributed by atoms with Gasteiger partial charge in [0, 0.05) is 11.7 Å². The van der Waals surface area contributed by atoms with Crippen molar-refractivity contribution in [3.05, 3.63) is 29.3 Å². The van der Waals surface area contributed by atoms with Crippen molar-refractivity contribution in [2.75, 3.05) is 5.32 Å². The van der Waals surface area contributed by atoms with Crippen molar-refractivity contribution < 1.29 is 4.79 Å². The fraction of sp³-hybridized carbons (Fsp3) is 0.632. The van der Waals surface area contributed by atoms with E-state index in [0.717, 1.165) is 18.5 Å². The molecule has 3 heteroatoms. The highest BCUT2D eigenvalue weighted by Gasteiger charge is 2.19. The van der Waals surface area contributed by atoms with Gasteiger partial charge in [0.2, 0.25) is 0 Å². The van der Waals surface area contributed by atoms with Gasteiger partial charge in [0.05, 0.1) is 0 Å². The summed E-state index contributed by atoms with van der Waals surface area (Å²) in [6.07, 6.45) is 5.97. The van der Waals surface area contributed by atoms with Crippen LogP contribution in [0.1, 0.15) is 82.8 Å². The number of hydrogen-bond donors (Lipinski definition) is 2. The summed E-state index contributed by atoms with van der Waals surface area (Å²) in [4.78, 5) is 12.4. The number of nitrogens with one attached hydrogen (secondary N) is 2. The quantitative estimate of drug-likeness (QED) is 0.769. The van der Waals surface area contributed by atoms with E-state index in [1.165, 1.54) is 30.4 Å². The lowest BCUT2D eigenvalue weighted by molar-refractivity contribution is 0.244. The maximum absolute atomic E-state index is 12.4. The lowest BCUT2D eigenvalue weighted by atomic mass is 9.92. The van der Waals surface area contributed by atoms with E-state index in [1.807, 2.05) is 0 Å². The monoisotopic (exact) mass is 302 g/mol. The maximum Gasteiger partial charge on any atom is 0.319 e. The molecular weight excluding hydrogens is 272 g/mol. The summed E-state index contributed by atoms with van der Waals surface area (Å²) >= 11 is 0. The van der Waals surface area contributed by atoms with Crippen LogP contribution >= 0.6 is 0 Å². The van der Waals surface area contributed by atoms with Crippen LogP contribution in [0.15, 0.2) is 18.2 Å². The molecule has 0 atom stereocenters. The molecule has 1 aromatic rings. The van der Waals surface area contributed by atoms with Crippen LogP contribution in [0.3, 0.4) is 0 Å². The molecule has 122 valence electrons. The average molecular weight is 302 g/mol. The third-order valence-electron chi connectivity index (χ3n) is 4.55. The van der Waals surface area contributed by atoms with Gasteiger partial charge in [-0.15, -0.1) is 0 Å². The molecule has 0 aromatic heterocycles. The van der Waals surface area contributed by atoms with E-state index in [9.17, 15) is 4.79 Å². The number of urea groups is 1. The lowest BCUT2D eigenvalue weighted by Gasteiger charge is -2.25. The fourth-order valence-electron chi connectivity index (χ4n) is 3.28. The Bertz CT molecular complexity index is 476. The number of anilines is 1. The highest BCUT2D eigenvalue weighted by Crippen LogP contribution is 2.32. The van der Waals surface area contributed by atoms with E-state index in [-0.39, 0.29) is 6.03 Å². The molecule has 0 unspecified atom stereocenters. The molecule has 0 saturated heterocycles. The summed E-state index contributed by atoms with van der Waals surface area (Å²) in [5, 5.41) is 6.29. The highest BCUT2D eigenvalue weighted by atomic mass is 16.2. The molecule has 2 rings (SSSR count). The number of benzene rings is 1. The molecule has 22 heavy (non-hydrogen) atoms. The Balaban J connectivity index is 2.14. The van der Waals surface area contributed by atoms with E-state index in [2.05, 4.69) is 56.5 Å². The van der Waals surface area contributed by atoms with Gasteiger partial charge in [0.25, 0.3) is 0 Å². The first-order chi connectivity index (χ1) is 10.5. The zero-order valence-electron chi connectivity index (χ0n) is 14.4. The molecule has 1 saturated carbocycles. The lowest BCUT2D eigenvalue weighted by Crippen LogP contribution is -2.39. The van der Waals surface area contributed by atoms with Crippen LogP contribution in [0.4, 0.5) is 10.5 Å². The van der Waals surface area contributed by atoms with Gasteiger partial charge in [0.1, 0.15) is 0 Å². The first-order valence-electron chi connectivity index (χ1n) is 8.69. The third kappa shape index (κ3) is 4.25. The van der Waals surface area contributed by atoms with Crippen LogP contribution in [0.2, 0.25) is 0 Å². The normalized spacial score (nSPS) is 16.1. The summed E-state index contributed by atoms with van der Waals surface area (Å²) in [6, 6.07) is 6.61. The molecule has 0 spiro atoms. The number of carbonyl (C=O) groups is 1. The van der Waals surface area contributed by atoms with Crippen LogP contribution in [0, 0.1) is 0 Å². The second-order valence-corrected chi connectivity index (χ2v) is 7.05. The highest BCUT2D eigenvalue weighted by molar-refractivity contribution is 5.91. The van der Waals surface area contributed by atoms with Gasteiger partial charge < -0.3 is 10.6 Å². The van der Waals surface area contributed by atoms with Crippen LogP contribution in [-0.2, 0) is 0 Å². The van der Waals surface area contributed by atoms with Crippen molar-refractivity contribution in [1.29, 1.82) is 0 Å². The van der Waals surface area contributed by atoms with E-state index >= 15 is 0 Å². The summed E-state index contributed by atoms with van der Waals surface area (Å²) in [5.41, 5.74) is 3.43. The number of hydrogen-bond acceptors (Lipinski definition) is 1. The predicted octanol–water partition coefficient (Wildman–Crippen LogP) is 5.39. The minimum atomic E-state index is -0.0538. The van der Waals surface area contributed by atoms with Gasteiger partial charge in [-0.25, -0.2) is 4.79 Å². The van der Waals surface area contributed by atoms with Crippen LogP contribution in [-0.4, -0.2) is 12.1 Å². The zero-order valence-corrected chi connectivity index (χ0v) is 14.4. The van der Waals surface area contributed by atoms with Gasteiger partial charge in [0.15, 0.2) is 0 Å². The predicted molar refractivity (Wildman–Crippen MR) is 93.6 cm³/mol. The van der Waals surface area contributed by atoms with Crippen molar-refractivity contribution in [3.63, 3.8) is 0 Å². The van der Waals surface area contributed by atoms with Gasteiger partial charge in [-0.2, -0.15) is 0 Å². The standard InChI is InChI=1S/C19H30N2O/c1-13(2)16-11-8-12-17(14(3)4)18(16)21-19(22)20-15-9-6-5-7-10-15/h8,11-15H,5-7,9-10H2,1-4H3,(H2,20,21,22). The second-order valence-electron chi connectivity index (χ2n) is 7.05. The maximum atomic E-state index is 12.4. The Morgan fingerprint density at radius 2 is 1.55 bits per heavy atom. The molecule has 0 aliphatic heterocycles. The minimum absolute atomic E-state index is 0.0538. The summed E-state index contributed by atoms with van der Waals surface area (Å²) in [5.74, 6) is 0.785. The van der Waals surface area contributed by atoms with Crippen molar-refractivity contribution in [1.82, 2.24) is 5.32 Å². The molecule has 1 fully saturated rings. The molecule has 1 aliphatic carbocycles. The summed E-state index contributed by atoms with van der Waals surface area (Å²) in [6.45, 7) is 8.68. The number of amides is 2. The Morgan fingerprint density at radius 3 is 2.05 bits per heavy atom. The summed E-state index contributed by atoms with van der Waals surface area (Å²) in [7, 11) is 0. The average Bonchev–Trinajstić information content (AvgIpc) is 2.47. The molecule has 0 heterocycles. The number of rotatable bonds is 4. The van der Waals surface area contributed by atoms with Gasteiger partial charge in [-0.1, -0.05) is 65.2 Å². The van der Waals surface area contributed by atoms with Gasteiger partial charge >= 0.3 is 6.03 Å². The van der Waals surface area contributed by atoms with Crippen molar-refractivity contribution in [2.45, 2.75) is 77.7 Å². The van der Waals surface area contributed by atoms with Crippen molar-refractivity contribution in [2.24, 2.45) is 0 Å². The minimum Gasteiger partial charge on any atom is -0.335 e. The molecular formula is C19H30N2O. The smallest absolute Gasteiger partial charge is 0.319 e. The topological polar surface area (TPSA) is 41.1 Å². The Hall–Kier alpha value is -1.51. The Labute approximate surface area is 134 Å². The van der Waals surface area contributed by atoms with E-state index < -0.39 is 0 Å². The van der Waals surface area contributed by atoms with Crippen LogP contribution in [0.25, 0.3) is 0 Å². The van der Waals surface area contributed by atoms with Crippen molar-refractivity contribution in [3.8, 4) is 0 Å². The molecule has 1 aromatic carbocycles. The van der Waals surface area contributed by atoms with E-state index in [1.54, 1.807) is 0 Å². The van der Waals surface area contributed by atoms with Crippen LogP contribution in [0.5, 0.6) is 0 Å². The van der Waals surface area contributed by atoms with Crippen LogP contribution < -0.4 is 10.6 Å². The molecule has 1 aliphatic rings. The van der Waals surface area contributed by atoms with Crippen molar-refractivity contribution >= 4 is 11.7 Å². The SMILES string of the molecule is CC(C)c1cccc(C(C)C)c1NC(=O)NC1CCCCC1. The van der Waals surface area contributed by atoms with E-state index in [4.69, 9.17) is 0 Å². The Morgan fingerprint density at radius 1 is 1.00 bits per heavy atom.